The average Bonchev–Trinajstić information content (AvgIpc) is 2.72. The number of hydrogen-bond acceptors (Lipinski definition) is 5. The third-order valence-electron chi connectivity index (χ3n) is 4.47. The molecule has 0 spiro atoms. The SMILES string of the molecule is Cc1cncc2cccc(S(=O)(=O)CN3CCCNC[C@H]3C)c12. The molecule has 1 saturated heterocycles. The van der Waals surface area contributed by atoms with Crippen LogP contribution in [0.25, 0.3) is 10.8 Å². The summed E-state index contributed by atoms with van der Waals surface area (Å²) in [5, 5.41) is 5.01. The molecule has 0 radical (unpaired) electrons. The number of fused-ring (bicyclic) bond motifs is 1. The summed E-state index contributed by atoms with van der Waals surface area (Å²) in [7, 11) is -3.39. The van der Waals surface area contributed by atoms with Crippen molar-refractivity contribution in [1.29, 1.82) is 0 Å². The van der Waals surface area contributed by atoms with Crippen molar-refractivity contribution >= 4 is 20.6 Å². The highest BCUT2D eigenvalue weighted by Crippen LogP contribution is 2.27. The molecule has 2 heterocycles. The third kappa shape index (κ3) is 3.39. The van der Waals surface area contributed by atoms with E-state index in [4.69, 9.17) is 0 Å². The maximum absolute atomic E-state index is 13.0. The van der Waals surface area contributed by atoms with E-state index < -0.39 is 9.84 Å². The van der Waals surface area contributed by atoms with Crippen molar-refractivity contribution < 1.29 is 8.42 Å². The molecule has 0 unspecified atom stereocenters. The number of nitrogens with zero attached hydrogens (tertiary/aromatic N) is 2. The van der Waals surface area contributed by atoms with Gasteiger partial charge in [0.15, 0.2) is 9.84 Å². The minimum atomic E-state index is -3.39. The van der Waals surface area contributed by atoms with Gasteiger partial charge in [-0.3, -0.25) is 9.88 Å². The highest BCUT2D eigenvalue weighted by Gasteiger charge is 2.25. The van der Waals surface area contributed by atoms with Crippen molar-refractivity contribution in [3.05, 3.63) is 36.2 Å². The summed E-state index contributed by atoms with van der Waals surface area (Å²) >= 11 is 0. The first-order valence-electron chi connectivity index (χ1n) is 8.00. The monoisotopic (exact) mass is 333 g/mol. The number of nitrogens with one attached hydrogen (secondary N) is 1. The molecule has 1 aromatic carbocycles. The zero-order chi connectivity index (χ0) is 16.4. The lowest BCUT2D eigenvalue weighted by molar-refractivity contribution is 0.257. The highest BCUT2D eigenvalue weighted by molar-refractivity contribution is 7.91. The molecule has 1 aliphatic rings. The van der Waals surface area contributed by atoms with Crippen molar-refractivity contribution in [2.75, 3.05) is 25.5 Å². The number of aryl methyl sites for hydroxylation is 1. The van der Waals surface area contributed by atoms with Crippen molar-refractivity contribution in [3.63, 3.8) is 0 Å². The Labute approximate surface area is 137 Å². The van der Waals surface area contributed by atoms with E-state index in [0.717, 1.165) is 42.4 Å². The zero-order valence-electron chi connectivity index (χ0n) is 13.6. The average molecular weight is 333 g/mol. The van der Waals surface area contributed by atoms with Gasteiger partial charge in [-0.25, -0.2) is 8.42 Å². The molecule has 1 fully saturated rings. The van der Waals surface area contributed by atoms with E-state index >= 15 is 0 Å². The first-order chi connectivity index (χ1) is 11.0. The van der Waals surface area contributed by atoms with Gasteiger partial charge in [-0.15, -0.1) is 0 Å². The molecule has 0 bridgehead atoms. The van der Waals surface area contributed by atoms with Crippen molar-refractivity contribution in [2.24, 2.45) is 0 Å². The number of rotatable bonds is 3. The van der Waals surface area contributed by atoms with E-state index in [1.165, 1.54) is 0 Å². The van der Waals surface area contributed by atoms with E-state index in [2.05, 4.69) is 22.1 Å². The molecule has 1 N–H and O–H groups in total. The van der Waals surface area contributed by atoms with E-state index in [0.29, 0.717) is 4.90 Å². The molecule has 6 heteroatoms. The first-order valence-corrected chi connectivity index (χ1v) is 9.65. The maximum Gasteiger partial charge on any atom is 0.192 e. The van der Waals surface area contributed by atoms with Crippen molar-refractivity contribution in [3.8, 4) is 0 Å². The molecule has 1 aromatic heterocycles. The molecule has 2 aromatic rings. The Bertz CT molecular complexity index is 799. The van der Waals surface area contributed by atoms with Crippen LogP contribution in [0.4, 0.5) is 0 Å². The lowest BCUT2D eigenvalue weighted by atomic mass is 10.1. The second kappa shape index (κ2) is 6.55. The van der Waals surface area contributed by atoms with E-state index in [-0.39, 0.29) is 11.9 Å². The summed E-state index contributed by atoms with van der Waals surface area (Å²) < 4.78 is 26.1. The van der Waals surface area contributed by atoms with Gasteiger partial charge in [0.1, 0.15) is 5.88 Å². The van der Waals surface area contributed by atoms with Crippen LogP contribution in [0.3, 0.4) is 0 Å². The molecule has 1 atom stereocenters. The first kappa shape index (κ1) is 16.4. The van der Waals surface area contributed by atoms with Crippen LogP contribution in [0, 0.1) is 6.92 Å². The van der Waals surface area contributed by atoms with Gasteiger partial charge in [-0.1, -0.05) is 12.1 Å². The topological polar surface area (TPSA) is 62.3 Å². The van der Waals surface area contributed by atoms with Crippen molar-refractivity contribution in [1.82, 2.24) is 15.2 Å². The maximum atomic E-state index is 13.0. The van der Waals surface area contributed by atoms with Crippen LogP contribution < -0.4 is 5.32 Å². The normalized spacial score (nSPS) is 20.5. The largest absolute Gasteiger partial charge is 0.315 e. The lowest BCUT2D eigenvalue weighted by Crippen LogP contribution is -2.40. The molecule has 0 amide bonds. The van der Waals surface area contributed by atoms with Gasteiger partial charge < -0.3 is 5.32 Å². The lowest BCUT2D eigenvalue weighted by Gasteiger charge is -2.26. The standard InChI is InChI=1S/C17H23N3O2S/c1-13-9-19-11-15-5-3-6-16(17(13)15)23(21,22)12-20-8-4-7-18-10-14(20)2/h3,5-6,9,11,14,18H,4,7-8,10,12H2,1-2H3/t14-/m1/s1. The van der Waals surface area contributed by atoms with Gasteiger partial charge in [0, 0.05) is 42.3 Å². The van der Waals surface area contributed by atoms with Gasteiger partial charge in [0.05, 0.1) is 4.90 Å². The second-order valence-electron chi connectivity index (χ2n) is 6.27. The minimum Gasteiger partial charge on any atom is -0.315 e. The molecule has 1 aliphatic heterocycles. The van der Waals surface area contributed by atoms with Gasteiger partial charge in [-0.2, -0.15) is 0 Å². The van der Waals surface area contributed by atoms with E-state index in [9.17, 15) is 8.42 Å². The van der Waals surface area contributed by atoms with Crippen LogP contribution in [-0.4, -0.2) is 49.9 Å². The summed E-state index contributed by atoms with van der Waals surface area (Å²) in [4.78, 5) is 6.64. The summed E-state index contributed by atoms with van der Waals surface area (Å²) in [6.07, 6.45) is 4.41. The predicted octanol–water partition coefficient (Wildman–Crippen LogP) is 1.96. The molecule has 5 nitrogen and oxygen atoms in total. The number of benzene rings is 1. The third-order valence-corrected chi connectivity index (χ3v) is 6.15. The Hall–Kier alpha value is -1.50. The molecule has 0 saturated carbocycles. The Morgan fingerprint density at radius 1 is 1.35 bits per heavy atom. The number of hydrogen-bond donors (Lipinski definition) is 1. The fraction of sp³-hybridized carbons (Fsp3) is 0.471. The van der Waals surface area contributed by atoms with Crippen LogP contribution in [0.1, 0.15) is 18.9 Å². The quantitative estimate of drug-likeness (QED) is 0.930. The summed E-state index contributed by atoms with van der Waals surface area (Å²) in [5.74, 6) is 0.0662. The van der Waals surface area contributed by atoms with Crippen LogP contribution in [-0.2, 0) is 9.84 Å². The highest BCUT2D eigenvalue weighted by atomic mass is 32.2. The molecule has 0 aliphatic carbocycles. The fourth-order valence-corrected chi connectivity index (χ4v) is 5.01. The summed E-state index contributed by atoms with van der Waals surface area (Å²) in [6.45, 7) is 6.56. The van der Waals surface area contributed by atoms with Crippen LogP contribution >= 0.6 is 0 Å². The minimum absolute atomic E-state index is 0.0662. The smallest absolute Gasteiger partial charge is 0.192 e. The van der Waals surface area contributed by atoms with Crippen molar-refractivity contribution in [2.45, 2.75) is 31.2 Å². The van der Waals surface area contributed by atoms with E-state index in [1.54, 1.807) is 24.5 Å². The molecule has 124 valence electrons. The van der Waals surface area contributed by atoms with Crippen LogP contribution in [0.15, 0.2) is 35.5 Å². The Morgan fingerprint density at radius 3 is 3.00 bits per heavy atom. The Balaban J connectivity index is 2.00. The Kier molecular flexibility index (Phi) is 4.66. The number of aromatic nitrogens is 1. The van der Waals surface area contributed by atoms with Crippen LogP contribution in [0.2, 0.25) is 0 Å². The van der Waals surface area contributed by atoms with Gasteiger partial charge in [0.25, 0.3) is 0 Å². The van der Waals surface area contributed by atoms with Gasteiger partial charge in [0.2, 0.25) is 0 Å². The molecule has 3 rings (SSSR count). The summed E-state index contributed by atoms with van der Waals surface area (Å²) in [6, 6.07) is 5.63. The predicted molar refractivity (Wildman–Crippen MR) is 92.2 cm³/mol. The molecular weight excluding hydrogens is 310 g/mol. The van der Waals surface area contributed by atoms with Crippen LogP contribution in [0.5, 0.6) is 0 Å². The second-order valence-corrected chi connectivity index (χ2v) is 8.20. The van der Waals surface area contributed by atoms with E-state index in [1.807, 2.05) is 13.0 Å². The van der Waals surface area contributed by atoms with Gasteiger partial charge >= 0.3 is 0 Å². The number of pyridine rings is 1. The van der Waals surface area contributed by atoms with Gasteiger partial charge in [-0.05, 0) is 38.4 Å². The zero-order valence-corrected chi connectivity index (χ0v) is 14.4. The fourth-order valence-electron chi connectivity index (χ4n) is 3.18. The molecule has 23 heavy (non-hydrogen) atoms. The Morgan fingerprint density at radius 2 is 2.17 bits per heavy atom. The summed E-state index contributed by atoms with van der Waals surface area (Å²) in [5.41, 5.74) is 0.896. The number of sulfone groups is 1. The molecular formula is C17H23N3O2S.